The molecule has 2 unspecified atom stereocenters. The van der Waals surface area contributed by atoms with Crippen LogP contribution in [0.5, 0.6) is 11.5 Å². The third-order valence-corrected chi connectivity index (χ3v) is 11.3. The molecule has 1 aliphatic carbocycles. The number of nitrogens with zero attached hydrogens (tertiary/aromatic N) is 5. The maximum absolute atomic E-state index is 6.87. The minimum Gasteiger partial charge on any atom is -0.478 e. The highest BCUT2D eigenvalue weighted by atomic mass is 16.6. The van der Waals surface area contributed by atoms with Gasteiger partial charge in [-0.15, -0.1) is 0 Å². The molecular weight excluding hydrogens is 763 g/mol. The summed E-state index contributed by atoms with van der Waals surface area (Å²) in [4.78, 5) is 23.7. The Bertz CT molecular complexity index is 3040. The topological polar surface area (TPSA) is 82.9 Å². The van der Waals surface area contributed by atoms with Gasteiger partial charge in [-0.2, -0.15) is 0 Å². The fourth-order valence-corrected chi connectivity index (χ4v) is 8.09. The van der Waals surface area contributed by atoms with Crippen LogP contribution in [-0.4, -0.2) is 37.1 Å². The van der Waals surface area contributed by atoms with Crippen LogP contribution in [0, 0.1) is 0 Å². The molecule has 0 N–H and O–H groups in total. The largest absolute Gasteiger partial charge is 0.478 e. The van der Waals surface area contributed by atoms with Gasteiger partial charge in [0.25, 0.3) is 0 Å². The molecule has 4 heterocycles. The van der Waals surface area contributed by atoms with Gasteiger partial charge in [0.05, 0.1) is 5.56 Å². The number of ether oxygens (including phenoxy) is 2. The van der Waals surface area contributed by atoms with E-state index in [0.717, 1.165) is 72.3 Å². The molecule has 0 radical (unpaired) electrons. The van der Waals surface area contributed by atoms with Gasteiger partial charge < -0.3 is 9.47 Å². The molecule has 294 valence electrons. The molecule has 0 spiro atoms. The highest BCUT2D eigenvalue weighted by Crippen LogP contribution is 2.49. The van der Waals surface area contributed by atoms with Gasteiger partial charge in [-0.05, 0) is 117 Å². The molecule has 62 heavy (non-hydrogen) atoms. The van der Waals surface area contributed by atoms with Gasteiger partial charge in [-0.3, -0.25) is 9.97 Å². The summed E-state index contributed by atoms with van der Waals surface area (Å²) in [5.74, 6) is 2.87. The number of aromatic nitrogens is 5. The predicted molar refractivity (Wildman–Crippen MR) is 246 cm³/mol. The van der Waals surface area contributed by atoms with Crippen LogP contribution < -0.4 is 9.47 Å². The van der Waals surface area contributed by atoms with Crippen LogP contribution in [-0.2, 0) is 0 Å². The van der Waals surface area contributed by atoms with Gasteiger partial charge in [0.2, 0.25) is 0 Å². The normalized spacial score (nSPS) is 14.9. The summed E-state index contributed by atoms with van der Waals surface area (Å²) in [6.07, 6.45) is 14.8. The van der Waals surface area contributed by atoms with Crippen molar-refractivity contribution in [3.8, 4) is 101 Å². The number of hydrogen-bond donors (Lipinski definition) is 0. The number of benzene rings is 6. The number of fused-ring (bicyclic) bond motifs is 2. The van der Waals surface area contributed by atoms with E-state index in [-0.39, 0.29) is 12.2 Å². The number of allylic oxidation sites excluding steroid dienone is 2. The van der Waals surface area contributed by atoms with Crippen molar-refractivity contribution in [1.29, 1.82) is 0 Å². The van der Waals surface area contributed by atoms with E-state index in [2.05, 4.69) is 94.9 Å². The molecule has 1 aliphatic heterocycles. The van der Waals surface area contributed by atoms with Gasteiger partial charge in [-0.1, -0.05) is 121 Å². The van der Waals surface area contributed by atoms with E-state index in [4.69, 9.17) is 24.4 Å². The zero-order valence-corrected chi connectivity index (χ0v) is 33.4. The second-order valence-corrected chi connectivity index (χ2v) is 15.2. The van der Waals surface area contributed by atoms with Crippen molar-refractivity contribution in [2.75, 3.05) is 0 Å². The Morgan fingerprint density at radius 3 is 1.21 bits per heavy atom. The maximum atomic E-state index is 6.87. The lowest BCUT2D eigenvalue weighted by atomic mass is 9.92. The standard InChI is InChI=1S/C55H37N5O2/c1-3-9-36(10-4-1)37-17-21-43(22-18-37)54-58-53(42-11-5-2-6-12-42)59-55(60-54)48-24-23-47(51-52(48)62-50-14-8-7-13-49(50)61-51)41-19-15-38(16-20-41)44-33-45(39-25-29-56-30-26-39)35-46(34-44)40-27-31-57-32-28-40/h1-35,49-50H. The first kappa shape index (κ1) is 36.8. The smallest absolute Gasteiger partial charge is 0.174 e. The lowest BCUT2D eigenvalue weighted by Gasteiger charge is -2.34. The van der Waals surface area contributed by atoms with Crippen LogP contribution in [0.25, 0.3) is 89.8 Å². The molecule has 7 heteroatoms. The number of pyridine rings is 2. The van der Waals surface area contributed by atoms with Crippen molar-refractivity contribution in [3.05, 3.63) is 213 Å². The molecule has 0 fully saturated rings. The Hall–Kier alpha value is -8.29. The van der Waals surface area contributed by atoms with E-state index in [0.29, 0.717) is 29.0 Å². The summed E-state index contributed by atoms with van der Waals surface area (Å²) in [7, 11) is 0. The van der Waals surface area contributed by atoms with Crippen molar-refractivity contribution < 1.29 is 9.47 Å². The molecular formula is C55H37N5O2. The number of rotatable bonds is 8. The monoisotopic (exact) mass is 799 g/mol. The number of hydrogen-bond acceptors (Lipinski definition) is 7. The highest BCUT2D eigenvalue weighted by molar-refractivity contribution is 5.85. The van der Waals surface area contributed by atoms with Crippen LogP contribution in [0.1, 0.15) is 0 Å². The van der Waals surface area contributed by atoms with E-state index in [1.807, 2.05) is 128 Å². The second kappa shape index (κ2) is 16.0. The van der Waals surface area contributed by atoms with Crippen molar-refractivity contribution in [2.45, 2.75) is 12.2 Å². The van der Waals surface area contributed by atoms with Gasteiger partial charge in [0.1, 0.15) is 0 Å². The lowest BCUT2D eigenvalue weighted by Crippen LogP contribution is -2.38. The van der Waals surface area contributed by atoms with Crippen LogP contribution in [0.2, 0.25) is 0 Å². The summed E-state index contributed by atoms with van der Waals surface area (Å²) >= 11 is 0. The van der Waals surface area contributed by atoms with Crippen LogP contribution in [0.15, 0.2) is 213 Å². The second-order valence-electron chi connectivity index (χ2n) is 15.2. The molecule has 0 saturated heterocycles. The molecule has 2 aliphatic rings. The molecule has 0 bridgehead atoms. The van der Waals surface area contributed by atoms with Crippen molar-refractivity contribution in [3.63, 3.8) is 0 Å². The Labute approximate surface area is 359 Å². The zero-order chi connectivity index (χ0) is 41.2. The van der Waals surface area contributed by atoms with E-state index < -0.39 is 0 Å². The predicted octanol–water partition coefficient (Wildman–Crippen LogP) is 12.6. The minimum atomic E-state index is -0.313. The molecule has 0 saturated carbocycles. The SMILES string of the molecule is C1=CC2Oc3c(-c4ccc(-c5cc(-c6ccncc6)cc(-c6ccncc6)c5)cc4)ccc(-c4nc(-c5ccccc5)nc(-c5ccc(-c6ccccc6)cc5)n4)c3OC2C=C1. The molecule has 9 aromatic rings. The van der Waals surface area contributed by atoms with E-state index in [9.17, 15) is 0 Å². The molecule has 3 aromatic heterocycles. The van der Waals surface area contributed by atoms with E-state index >= 15 is 0 Å². The molecule has 11 rings (SSSR count). The first-order chi connectivity index (χ1) is 30.7. The third-order valence-electron chi connectivity index (χ3n) is 11.3. The molecule has 7 nitrogen and oxygen atoms in total. The first-order valence-electron chi connectivity index (χ1n) is 20.6. The maximum Gasteiger partial charge on any atom is 0.174 e. The summed E-state index contributed by atoms with van der Waals surface area (Å²) in [6.45, 7) is 0. The van der Waals surface area contributed by atoms with Crippen LogP contribution in [0.3, 0.4) is 0 Å². The first-order valence-corrected chi connectivity index (χ1v) is 20.6. The Morgan fingerprint density at radius 1 is 0.306 bits per heavy atom. The fourth-order valence-electron chi connectivity index (χ4n) is 8.09. The van der Waals surface area contributed by atoms with Crippen molar-refractivity contribution in [2.24, 2.45) is 0 Å². The highest BCUT2D eigenvalue weighted by Gasteiger charge is 2.34. The van der Waals surface area contributed by atoms with Gasteiger partial charge in [-0.25, -0.2) is 15.0 Å². The van der Waals surface area contributed by atoms with E-state index in [1.165, 1.54) is 0 Å². The van der Waals surface area contributed by atoms with Crippen LogP contribution >= 0.6 is 0 Å². The third kappa shape index (κ3) is 7.22. The quantitative estimate of drug-likeness (QED) is 0.151. The van der Waals surface area contributed by atoms with Crippen molar-refractivity contribution >= 4 is 0 Å². The molecule has 6 aromatic carbocycles. The molecule has 2 atom stereocenters. The Morgan fingerprint density at radius 2 is 0.677 bits per heavy atom. The van der Waals surface area contributed by atoms with Gasteiger partial charge in [0.15, 0.2) is 41.2 Å². The Balaban J connectivity index is 1.01. The summed E-state index contributed by atoms with van der Waals surface area (Å²) in [5.41, 5.74) is 13.3. The summed E-state index contributed by atoms with van der Waals surface area (Å²) in [6, 6.07) is 56.3. The van der Waals surface area contributed by atoms with Crippen molar-refractivity contribution in [1.82, 2.24) is 24.9 Å². The van der Waals surface area contributed by atoms with Crippen LogP contribution in [0.4, 0.5) is 0 Å². The fraction of sp³-hybridized carbons (Fsp3) is 0.0364. The van der Waals surface area contributed by atoms with E-state index in [1.54, 1.807) is 0 Å². The minimum absolute atomic E-state index is 0.291. The average Bonchev–Trinajstić information content (AvgIpc) is 3.36. The lowest BCUT2D eigenvalue weighted by molar-refractivity contribution is 0.0769. The summed E-state index contributed by atoms with van der Waals surface area (Å²) in [5, 5.41) is 0. The zero-order valence-electron chi connectivity index (χ0n) is 33.4. The Kier molecular flexibility index (Phi) is 9.52. The van der Waals surface area contributed by atoms with Gasteiger partial charge in [0, 0.05) is 41.5 Å². The average molecular weight is 800 g/mol. The summed E-state index contributed by atoms with van der Waals surface area (Å²) < 4.78 is 13.7. The molecule has 0 amide bonds. The van der Waals surface area contributed by atoms with Gasteiger partial charge >= 0.3 is 0 Å².